The normalized spacial score (nSPS) is 11.2. The molecule has 0 saturated heterocycles. The number of benzene rings is 3. The molecule has 6 nitrogen and oxygen atoms in total. The highest BCUT2D eigenvalue weighted by Crippen LogP contribution is 2.26. The second-order valence-electron chi connectivity index (χ2n) is 6.07. The van der Waals surface area contributed by atoms with Crippen LogP contribution in [-0.4, -0.2) is 21.4 Å². The number of carbonyl (C=O) groups is 1. The summed E-state index contributed by atoms with van der Waals surface area (Å²) >= 11 is 0. The lowest BCUT2D eigenvalue weighted by molar-refractivity contribution is 0.100. The Morgan fingerprint density at radius 3 is 2.29 bits per heavy atom. The van der Waals surface area contributed by atoms with Crippen LogP contribution in [0, 0.1) is 0 Å². The molecule has 0 bridgehead atoms. The van der Waals surface area contributed by atoms with Crippen molar-refractivity contribution in [3.63, 3.8) is 0 Å². The molecular formula is C21H20N2O4S. The van der Waals surface area contributed by atoms with E-state index in [2.05, 4.69) is 4.72 Å². The number of methoxy groups -OCH3 is 1. The second-order valence-corrected chi connectivity index (χ2v) is 7.81. The van der Waals surface area contributed by atoms with Gasteiger partial charge in [0.1, 0.15) is 10.6 Å². The van der Waals surface area contributed by atoms with Crippen molar-refractivity contribution in [1.29, 1.82) is 0 Å². The number of hydrogen-bond donors (Lipinski definition) is 2. The Morgan fingerprint density at radius 1 is 0.964 bits per heavy atom. The Bertz CT molecular complexity index is 1090. The number of para-hydroxylation sites is 1. The molecule has 0 unspecified atom stereocenters. The van der Waals surface area contributed by atoms with Crippen molar-refractivity contribution in [3.8, 4) is 16.9 Å². The van der Waals surface area contributed by atoms with Gasteiger partial charge in [-0.25, -0.2) is 13.1 Å². The van der Waals surface area contributed by atoms with Crippen molar-refractivity contribution >= 4 is 15.9 Å². The smallest absolute Gasteiger partial charge is 0.248 e. The Morgan fingerprint density at radius 2 is 1.61 bits per heavy atom. The summed E-state index contributed by atoms with van der Waals surface area (Å²) in [5, 5.41) is 0. The molecule has 3 aromatic carbocycles. The number of rotatable bonds is 7. The molecule has 0 atom stereocenters. The highest BCUT2D eigenvalue weighted by atomic mass is 32.2. The van der Waals surface area contributed by atoms with Crippen LogP contribution in [0.4, 0.5) is 0 Å². The average molecular weight is 396 g/mol. The summed E-state index contributed by atoms with van der Waals surface area (Å²) in [4.78, 5) is 11.3. The molecule has 3 rings (SSSR count). The van der Waals surface area contributed by atoms with Gasteiger partial charge in [-0.15, -0.1) is 0 Å². The van der Waals surface area contributed by atoms with Gasteiger partial charge in [-0.3, -0.25) is 4.79 Å². The van der Waals surface area contributed by atoms with Crippen LogP contribution in [-0.2, 0) is 16.6 Å². The van der Waals surface area contributed by atoms with Crippen LogP contribution < -0.4 is 15.2 Å². The minimum Gasteiger partial charge on any atom is -0.495 e. The van der Waals surface area contributed by atoms with Crippen LogP contribution >= 0.6 is 0 Å². The van der Waals surface area contributed by atoms with Gasteiger partial charge >= 0.3 is 0 Å². The molecule has 0 spiro atoms. The molecule has 0 saturated carbocycles. The maximum atomic E-state index is 12.7. The molecule has 1 amide bonds. The summed E-state index contributed by atoms with van der Waals surface area (Å²) in [6, 6.07) is 20.8. The zero-order chi connectivity index (χ0) is 20.1. The third-order valence-electron chi connectivity index (χ3n) is 4.31. The first-order valence-electron chi connectivity index (χ1n) is 8.53. The molecule has 0 aromatic heterocycles. The summed E-state index contributed by atoms with van der Waals surface area (Å²) in [7, 11) is -2.32. The first kappa shape index (κ1) is 19.6. The Balaban J connectivity index is 1.87. The summed E-state index contributed by atoms with van der Waals surface area (Å²) in [5.41, 5.74) is 8.22. The van der Waals surface area contributed by atoms with Gasteiger partial charge in [-0.05, 0) is 41.0 Å². The van der Waals surface area contributed by atoms with E-state index in [1.54, 1.807) is 42.5 Å². The third kappa shape index (κ3) is 4.21. The molecule has 3 aromatic rings. The standard InChI is InChI=1S/C21H20N2O4S/c1-27-19-8-4-5-9-20(19)28(25,26)23-14-17-6-2-3-7-18(17)15-10-12-16(13-11-15)21(22)24/h2-13,23H,14H2,1H3,(H2,22,24). The van der Waals surface area contributed by atoms with E-state index >= 15 is 0 Å². The lowest BCUT2D eigenvalue weighted by Gasteiger charge is -2.13. The number of sulfonamides is 1. The molecular weight excluding hydrogens is 376 g/mol. The molecule has 28 heavy (non-hydrogen) atoms. The predicted octanol–water partition coefficient (Wildman–Crippen LogP) is 2.94. The molecule has 7 heteroatoms. The van der Waals surface area contributed by atoms with Crippen LogP contribution in [0.1, 0.15) is 15.9 Å². The van der Waals surface area contributed by atoms with Crippen molar-refractivity contribution in [1.82, 2.24) is 4.72 Å². The molecule has 0 aliphatic heterocycles. The molecule has 0 radical (unpaired) electrons. The Labute approximate surface area is 164 Å². The van der Waals surface area contributed by atoms with Crippen LogP contribution in [0.2, 0.25) is 0 Å². The van der Waals surface area contributed by atoms with E-state index in [1.807, 2.05) is 24.3 Å². The van der Waals surface area contributed by atoms with Gasteiger partial charge in [0.15, 0.2) is 0 Å². The molecule has 3 N–H and O–H groups in total. The summed E-state index contributed by atoms with van der Waals surface area (Å²) < 4.78 is 33.2. The summed E-state index contributed by atoms with van der Waals surface area (Å²) in [6.07, 6.45) is 0. The summed E-state index contributed by atoms with van der Waals surface area (Å²) in [6.45, 7) is 0.105. The largest absolute Gasteiger partial charge is 0.495 e. The zero-order valence-corrected chi connectivity index (χ0v) is 16.1. The van der Waals surface area contributed by atoms with Gasteiger partial charge in [-0.1, -0.05) is 48.5 Å². The monoisotopic (exact) mass is 396 g/mol. The fourth-order valence-corrected chi connectivity index (χ4v) is 4.04. The maximum absolute atomic E-state index is 12.7. The zero-order valence-electron chi connectivity index (χ0n) is 15.3. The van der Waals surface area contributed by atoms with Crippen LogP contribution in [0.25, 0.3) is 11.1 Å². The quantitative estimate of drug-likeness (QED) is 0.641. The van der Waals surface area contributed by atoms with Crippen LogP contribution in [0.5, 0.6) is 5.75 Å². The van der Waals surface area contributed by atoms with Gasteiger partial charge in [0, 0.05) is 12.1 Å². The number of amides is 1. The number of ether oxygens (including phenoxy) is 1. The predicted molar refractivity (Wildman–Crippen MR) is 107 cm³/mol. The Hall–Kier alpha value is -3.16. The van der Waals surface area contributed by atoms with Crippen molar-refractivity contribution in [2.75, 3.05) is 7.11 Å². The van der Waals surface area contributed by atoms with Gasteiger partial charge in [0.05, 0.1) is 7.11 Å². The summed E-state index contributed by atoms with van der Waals surface area (Å²) in [5.74, 6) is -0.213. The minimum atomic E-state index is -3.75. The van der Waals surface area contributed by atoms with E-state index < -0.39 is 15.9 Å². The highest BCUT2D eigenvalue weighted by molar-refractivity contribution is 7.89. The molecule has 0 heterocycles. The first-order valence-corrected chi connectivity index (χ1v) is 10.0. The SMILES string of the molecule is COc1ccccc1S(=O)(=O)NCc1ccccc1-c1ccc(C(N)=O)cc1. The Kier molecular flexibility index (Phi) is 5.77. The number of hydrogen-bond acceptors (Lipinski definition) is 4. The van der Waals surface area contributed by atoms with E-state index in [-0.39, 0.29) is 17.2 Å². The topological polar surface area (TPSA) is 98.5 Å². The van der Waals surface area contributed by atoms with Gasteiger partial charge < -0.3 is 10.5 Å². The first-order chi connectivity index (χ1) is 13.4. The van der Waals surface area contributed by atoms with E-state index in [4.69, 9.17) is 10.5 Å². The van der Waals surface area contributed by atoms with Crippen molar-refractivity contribution in [2.24, 2.45) is 5.73 Å². The molecule has 0 fully saturated rings. The maximum Gasteiger partial charge on any atom is 0.248 e. The average Bonchev–Trinajstić information content (AvgIpc) is 2.72. The lowest BCUT2D eigenvalue weighted by atomic mass is 9.99. The van der Waals surface area contributed by atoms with Crippen molar-refractivity contribution in [3.05, 3.63) is 83.9 Å². The van der Waals surface area contributed by atoms with Gasteiger partial charge in [-0.2, -0.15) is 0 Å². The van der Waals surface area contributed by atoms with Crippen molar-refractivity contribution in [2.45, 2.75) is 11.4 Å². The highest BCUT2D eigenvalue weighted by Gasteiger charge is 2.19. The van der Waals surface area contributed by atoms with Crippen LogP contribution in [0.3, 0.4) is 0 Å². The number of primary amides is 1. The molecule has 0 aliphatic rings. The number of nitrogens with one attached hydrogen (secondary N) is 1. The minimum absolute atomic E-state index is 0.0841. The number of carbonyl (C=O) groups excluding carboxylic acids is 1. The van der Waals surface area contributed by atoms with E-state index in [9.17, 15) is 13.2 Å². The van der Waals surface area contributed by atoms with E-state index in [1.165, 1.54) is 13.2 Å². The van der Waals surface area contributed by atoms with E-state index in [0.717, 1.165) is 16.7 Å². The van der Waals surface area contributed by atoms with Crippen molar-refractivity contribution < 1.29 is 17.9 Å². The fourth-order valence-electron chi connectivity index (χ4n) is 2.86. The van der Waals surface area contributed by atoms with Gasteiger partial charge in [0.2, 0.25) is 15.9 Å². The lowest BCUT2D eigenvalue weighted by Crippen LogP contribution is -2.24. The molecule has 0 aliphatic carbocycles. The number of nitrogens with two attached hydrogens (primary N) is 1. The van der Waals surface area contributed by atoms with Crippen LogP contribution in [0.15, 0.2) is 77.7 Å². The fraction of sp³-hybridized carbons (Fsp3) is 0.0952. The molecule has 144 valence electrons. The van der Waals surface area contributed by atoms with E-state index in [0.29, 0.717) is 5.56 Å². The van der Waals surface area contributed by atoms with Gasteiger partial charge in [0.25, 0.3) is 0 Å². The second kappa shape index (κ2) is 8.24. The third-order valence-corrected chi connectivity index (χ3v) is 5.75.